The molecular weight excluding hydrogens is 444 g/mol. The van der Waals surface area contributed by atoms with Crippen LogP contribution in [0.2, 0.25) is 0 Å². The molecular formula is C33H46O3. The van der Waals surface area contributed by atoms with Crippen LogP contribution in [0.1, 0.15) is 107 Å². The minimum atomic E-state index is -0.306. The summed E-state index contributed by atoms with van der Waals surface area (Å²) in [5, 5.41) is 10.5. The molecule has 196 valence electrons. The molecule has 0 saturated carbocycles. The van der Waals surface area contributed by atoms with E-state index in [-0.39, 0.29) is 22.9 Å². The first-order chi connectivity index (χ1) is 17.0. The Morgan fingerprint density at radius 2 is 1.61 bits per heavy atom. The number of hydrogen-bond donors (Lipinski definition) is 1. The van der Waals surface area contributed by atoms with Crippen LogP contribution in [0.15, 0.2) is 36.4 Å². The molecule has 0 fully saturated rings. The number of unbranched alkanes of at least 4 members (excludes halogenated alkanes) is 1. The Kier molecular flexibility index (Phi) is 10.8. The molecule has 1 atom stereocenters. The van der Waals surface area contributed by atoms with Gasteiger partial charge >= 0.3 is 5.97 Å². The molecule has 0 aliphatic rings. The van der Waals surface area contributed by atoms with Crippen molar-refractivity contribution < 1.29 is 14.6 Å². The first kappa shape index (κ1) is 29.7. The molecule has 36 heavy (non-hydrogen) atoms. The fraction of sp³-hybridized carbons (Fsp3) is 0.545. The Morgan fingerprint density at radius 1 is 1.00 bits per heavy atom. The van der Waals surface area contributed by atoms with E-state index in [4.69, 9.17) is 0 Å². The minimum Gasteiger partial charge on any atom is -0.469 e. The lowest BCUT2D eigenvalue weighted by Gasteiger charge is -2.34. The smallest absolute Gasteiger partial charge is 0.305 e. The van der Waals surface area contributed by atoms with Crippen LogP contribution in [-0.2, 0) is 21.4 Å². The molecule has 0 aliphatic heterocycles. The summed E-state index contributed by atoms with van der Waals surface area (Å²) in [5.74, 6) is 6.31. The summed E-state index contributed by atoms with van der Waals surface area (Å²) >= 11 is 0. The molecule has 2 rings (SSSR count). The van der Waals surface area contributed by atoms with Gasteiger partial charge in [-0.25, -0.2) is 0 Å². The summed E-state index contributed by atoms with van der Waals surface area (Å²) in [5.41, 5.74) is 7.38. The Morgan fingerprint density at radius 3 is 2.14 bits per heavy atom. The van der Waals surface area contributed by atoms with E-state index in [1.54, 1.807) is 0 Å². The van der Waals surface area contributed by atoms with Crippen LogP contribution >= 0.6 is 0 Å². The van der Waals surface area contributed by atoms with E-state index in [1.165, 1.54) is 34.9 Å². The number of rotatable bonds is 10. The number of carbonyl (C=O) groups excluding carboxylic acids is 1. The van der Waals surface area contributed by atoms with Gasteiger partial charge in [0.1, 0.15) is 0 Å². The van der Waals surface area contributed by atoms with Gasteiger partial charge in [0.05, 0.1) is 13.2 Å². The highest BCUT2D eigenvalue weighted by atomic mass is 16.5. The first-order valence-corrected chi connectivity index (χ1v) is 13.4. The summed E-state index contributed by atoms with van der Waals surface area (Å²) in [6.45, 7) is 15.2. The van der Waals surface area contributed by atoms with Crippen LogP contribution in [0.5, 0.6) is 0 Å². The maximum Gasteiger partial charge on any atom is 0.305 e. The topological polar surface area (TPSA) is 46.5 Å². The molecule has 0 bridgehead atoms. The molecule has 1 unspecified atom stereocenters. The third-order valence-corrected chi connectivity index (χ3v) is 7.70. The third kappa shape index (κ3) is 7.47. The number of carbonyl (C=O) groups is 1. The lowest BCUT2D eigenvalue weighted by Crippen LogP contribution is -2.27. The van der Waals surface area contributed by atoms with Crippen molar-refractivity contribution in [1.82, 2.24) is 0 Å². The lowest BCUT2D eigenvalue weighted by molar-refractivity contribution is -0.140. The Bertz CT molecular complexity index is 1070. The molecule has 0 saturated heterocycles. The largest absolute Gasteiger partial charge is 0.469 e. The number of aryl methyl sites for hydroxylation is 3. The van der Waals surface area contributed by atoms with Gasteiger partial charge in [0.15, 0.2) is 0 Å². The van der Waals surface area contributed by atoms with E-state index in [1.807, 2.05) is 0 Å². The van der Waals surface area contributed by atoms with Gasteiger partial charge in [-0.05, 0) is 85.3 Å². The maximum atomic E-state index is 11.3. The van der Waals surface area contributed by atoms with Crippen molar-refractivity contribution in [3.63, 3.8) is 0 Å². The van der Waals surface area contributed by atoms with Gasteiger partial charge in [0.25, 0.3) is 0 Å². The summed E-state index contributed by atoms with van der Waals surface area (Å²) < 4.78 is 4.69. The molecule has 2 aromatic rings. The maximum absolute atomic E-state index is 11.3. The fourth-order valence-corrected chi connectivity index (χ4v) is 4.91. The second-order valence-electron chi connectivity index (χ2n) is 11.1. The van der Waals surface area contributed by atoms with E-state index in [2.05, 4.69) is 101 Å². The average Bonchev–Trinajstić information content (AvgIpc) is 2.84. The molecule has 0 aliphatic carbocycles. The second-order valence-corrected chi connectivity index (χ2v) is 11.1. The number of aliphatic hydroxyl groups is 1. The van der Waals surface area contributed by atoms with Gasteiger partial charge in [-0.2, -0.15) is 0 Å². The van der Waals surface area contributed by atoms with Crippen molar-refractivity contribution >= 4 is 5.97 Å². The zero-order chi connectivity index (χ0) is 26.9. The van der Waals surface area contributed by atoms with E-state index in [9.17, 15) is 9.90 Å². The number of hydrogen-bond acceptors (Lipinski definition) is 3. The van der Waals surface area contributed by atoms with Crippen molar-refractivity contribution in [3.8, 4) is 11.8 Å². The molecule has 0 spiro atoms. The Balaban J connectivity index is 2.25. The number of aliphatic hydroxyl groups excluding tert-OH is 1. The highest BCUT2D eigenvalue weighted by Gasteiger charge is 2.31. The normalized spacial score (nSPS) is 12.6. The monoisotopic (exact) mass is 490 g/mol. The zero-order valence-electron chi connectivity index (χ0n) is 23.8. The van der Waals surface area contributed by atoms with Crippen molar-refractivity contribution in [1.29, 1.82) is 0 Å². The zero-order valence-corrected chi connectivity index (χ0v) is 23.8. The van der Waals surface area contributed by atoms with E-state index < -0.39 is 0 Å². The van der Waals surface area contributed by atoms with Crippen molar-refractivity contribution in [2.75, 3.05) is 7.11 Å². The van der Waals surface area contributed by atoms with Gasteiger partial charge in [-0.15, -0.1) is 0 Å². The Labute approximate surface area is 219 Å². The number of esters is 1. The SMILES string of the molecule is CCC(CC)(c1ccc(C#CCCCC(=O)OC)c(C)c1)c1ccc(CCC(O)C(C)(C)C)c(C)c1. The van der Waals surface area contributed by atoms with Crippen molar-refractivity contribution in [3.05, 3.63) is 69.8 Å². The van der Waals surface area contributed by atoms with Crippen LogP contribution in [0.4, 0.5) is 0 Å². The molecule has 3 heteroatoms. The molecule has 0 heterocycles. The highest BCUT2D eigenvalue weighted by molar-refractivity contribution is 5.69. The molecule has 0 amide bonds. The van der Waals surface area contributed by atoms with Gasteiger partial charge in [-0.1, -0.05) is 76.8 Å². The summed E-state index contributed by atoms with van der Waals surface area (Å²) in [6.07, 6.45) is 5.21. The summed E-state index contributed by atoms with van der Waals surface area (Å²) in [4.78, 5) is 11.3. The quantitative estimate of drug-likeness (QED) is 0.214. The Hall–Kier alpha value is -2.57. The predicted molar refractivity (Wildman–Crippen MR) is 150 cm³/mol. The standard InChI is InChI=1S/C33H46O3/c1-9-33(10-2,29-20-17-27(25(4)23-29)18-21-30(34)32(5,6)7)28-19-16-26(24(3)22-28)14-12-11-13-15-31(35)36-8/h16-17,19-20,22-23,30,34H,9-11,13,15,18,21H2,1-8H3. The van der Waals surface area contributed by atoms with Crippen LogP contribution < -0.4 is 0 Å². The van der Waals surface area contributed by atoms with Gasteiger partial charge in [0.2, 0.25) is 0 Å². The van der Waals surface area contributed by atoms with Crippen LogP contribution in [0, 0.1) is 31.1 Å². The predicted octanol–water partition coefficient (Wildman–Crippen LogP) is 7.44. The van der Waals surface area contributed by atoms with Gasteiger partial charge < -0.3 is 9.84 Å². The van der Waals surface area contributed by atoms with E-state index in [0.29, 0.717) is 12.8 Å². The highest BCUT2D eigenvalue weighted by Crippen LogP contribution is 2.40. The van der Waals surface area contributed by atoms with Gasteiger partial charge in [-0.3, -0.25) is 4.79 Å². The van der Waals surface area contributed by atoms with Crippen molar-refractivity contribution in [2.24, 2.45) is 5.41 Å². The average molecular weight is 491 g/mol. The molecule has 3 nitrogen and oxygen atoms in total. The van der Waals surface area contributed by atoms with E-state index >= 15 is 0 Å². The van der Waals surface area contributed by atoms with E-state index in [0.717, 1.165) is 37.7 Å². The molecule has 0 aromatic heterocycles. The van der Waals surface area contributed by atoms with Crippen LogP contribution in [0.3, 0.4) is 0 Å². The van der Waals surface area contributed by atoms with Crippen molar-refractivity contribution in [2.45, 2.75) is 105 Å². The summed E-state index contributed by atoms with van der Waals surface area (Å²) in [7, 11) is 1.42. The number of benzene rings is 2. The molecule has 2 aromatic carbocycles. The third-order valence-electron chi connectivity index (χ3n) is 7.70. The molecule has 1 N–H and O–H groups in total. The molecule has 0 radical (unpaired) electrons. The number of methoxy groups -OCH3 is 1. The van der Waals surface area contributed by atoms with Gasteiger partial charge in [0, 0.05) is 23.8 Å². The van der Waals surface area contributed by atoms with Crippen LogP contribution in [-0.4, -0.2) is 24.3 Å². The minimum absolute atomic E-state index is 0.0502. The second kappa shape index (κ2) is 13.1. The van der Waals surface area contributed by atoms with Crippen LogP contribution in [0.25, 0.3) is 0 Å². The fourth-order valence-electron chi connectivity index (χ4n) is 4.91. The summed E-state index contributed by atoms with van der Waals surface area (Å²) in [6, 6.07) is 13.6. The lowest BCUT2D eigenvalue weighted by atomic mass is 9.69. The first-order valence-electron chi connectivity index (χ1n) is 13.4. The number of ether oxygens (including phenoxy) is 1.